The van der Waals surface area contributed by atoms with Crippen LogP contribution in [0.3, 0.4) is 0 Å². The van der Waals surface area contributed by atoms with Gasteiger partial charge in [0.1, 0.15) is 0 Å². The predicted molar refractivity (Wildman–Crippen MR) is 81.8 cm³/mol. The second kappa shape index (κ2) is 8.96. The van der Waals surface area contributed by atoms with Gasteiger partial charge < -0.3 is 16.0 Å². The minimum Gasteiger partial charge on any atom is -0.376 e. The second-order valence-corrected chi connectivity index (χ2v) is 4.54. The van der Waals surface area contributed by atoms with Crippen LogP contribution in [0.1, 0.15) is 33.1 Å². The lowest BCUT2D eigenvalue weighted by molar-refractivity contribution is -0.119. The summed E-state index contributed by atoms with van der Waals surface area (Å²) in [6.45, 7) is 4.83. The normalized spacial score (nSPS) is 9.90. The molecule has 0 spiro atoms. The third-order valence-electron chi connectivity index (χ3n) is 2.77. The van der Waals surface area contributed by atoms with E-state index < -0.39 is 0 Å². The van der Waals surface area contributed by atoms with Crippen LogP contribution in [0.25, 0.3) is 0 Å². The highest BCUT2D eigenvalue weighted by Crippen LogP contribution is 2.14. The summed E-state index contributed by atoms with van der Waals surface area (Å²) < 4.78 is 0. The molecule has 1 rings (SSSR count). The summed E-state index contributed by atoms with van der Waals surface area (Å²) in [5, 5.41) is 8.66. The van der Waals surface area contributed by atoms with Crippen LogP contribution in [0.4, 0.5) is 11.4 Å². The van der Waals surface area contributed by atoms with E-state index in [9.17, 15) is 9.59 Å². The van der Waals surface area contributed by atoms with E-state index >= 15 is 0 Å². The number of rotatable bonds is 8. The van der Waals surface area contributed by atoms with Crippen molar-refractivity contribution in [3.8, 4) is 0 Å². The standard InChI is InChI=1S/C15H23N3O2/c1-3-5-9-16-15(20)11-17-12-7-6-8-13(10-12)18-14(19)4-2/h6-8,10,17H,3-5,9,11H2,1-2H3,(H,16,20)(H,18,19). The highest BCUT2D eigenvalue weighted by molar-refractivity contribution is 5.91. The van der Waals surface area contributed by atoms with Crippen molar-refractivity contribution in [1.29, 1.82) is 0 Å². The first-order valence-electron chi connectivity index (χ1n) is 7.06. The molecule has 20 heavy (non-hydrogen) atoms. The molecule has 0 saturated heterocycles. The van der Waals surface area contributed by atoms with Crippen LogP contribution in [-0.4, -0.2) is 24.9 Å². The smallest absolute Gasteiger partial charge is 0.239 e. The number of hydrogen-bond donors (Lipinski definition) is 3. The highest BCUT2D eigenvalue weighted by atomic mass is 16.2. The molecule has 0 saturated carbocycles. The summed E-state index contributed by atoms with van der Waals surface area (Å²) in [5.41, 5.74) is 1.54. The molecule has 1 aromatic carbocycles. The zero-order chi connectivity index (χ0) is 14.8. The molecule has 0 aliphatic heterocycles. The summed E-state index contributed by atoms with van der Waals surface area (Å²) in [6.07, 6.45) is 2.49. The van der Waals surface area contributed by atoms with Crippen LogP contribution < -0.4 is 16.0 Å². The van der Waals surface area contributed by atoms with Gasteiger partial charge in [-0.15, -0.1) is 0 Å². The Morgan fingerprint density at radius 3 is 2.55 bits per heavy atom. The average molecular weight is 277 g/mol. The average Bonchev–Trinajstić information content (AvgIpc) is 2.45. The van der Waals surface area contributed by atoms with Gasteiger partial charge in [0.2, 0.25) is 11.8 Å². The summed E-state index contributed by atoms with van der Waals surface area (Å²) in [5.74, 6) is -0.0547. The zero-order valence-corrected chi connectivity index (χ0v) is 12.2. The Labute approximate surface area is 120 Å². The Balaban J connectivity index is 2.42. The summed E-state index contributed by atoms with van der Waals surface area (Å²) in [7, 11) is 0. The van der Waals surface area contributed by atoms with Crippen LogP contribution in [0.5, 0.6) is 0 Å². The maximum atomic E-state index is 11.6. The number of amides is 2. The first-order chi connectivity index (χ1) is 9.65. The maximum Gasteiger partial charge on any atom is 0.239 e. The van der Waals surface area contributed by atoms with Gasteiger partial charge in [0.15, 0.2) is 0 Å². The lowest BCUT2D eigenvalue weighted by Crippen LogP contribution is -2.30. The van der Waals surface area contributed by atoms with Crippen molar-refractivity contribution < 1.29 is 9.59 Å². The van der Waals surface area contributed by atoms with E-state index in [1.807, 2.05) is 24.3 Å². The van der Waals surface area contributed by atoms with E-state index in [-0.39, 0.29) is 18.4 Å². The molecule has 0 aliphatic rings. The molecule has 0 aromatic heterocycles. The largest absolute Gasteiger partial charge is 0.376 e. The van der Waals surface area contributed by atoms with Gasteiger partial charge in [-0.1, -0.05) is 26.3 Å². The molecule has 5 heteroatoms. The van der Waals surface area contributed by atoms with Crippen LogP contribution in [-0.2, 0) is 9.59 Å². The minimum absolute atomic E-state index is 0.0264. The first kappa shape index (κ1) is 16.0. The van der Waals surface area contributed by atoms with Crippen molar-refractivity contribution in [1.82, 2.24) is 5.32 Å². The van der Waals surface area contributed by atoms with Crippen LogP contribution in [0.2, 0.25) is 0 Å². The van der Waals surface area contributed by atoms with Gasteiger partial charge >= 0.3 is 0 Å². The second-order valence-electron chi connectivity index (χ2n) is 4.54. The number of hydrogen-bond acceptors (Lipinski definition) is 3. The Kier molecular flexibility index (Phi) is 7.17. The lowest BCUT2D eigenvalue weighted by Gasteiger charge is -2.09. The summed E-state index contributed by atoms with van der Waals surface area (Å²) in [4.78, 5) is 22.9. The van der Waals surface area contributed by atoms with Crippen molar-refractivity contribution in [2.45, 2.75) is 33.1 Å². The Hall–Kier alpha value is -2.04. The molecule has 2 amide bonds. The van der Waals surface area contributed by atoms with E-state index in [4.69, 9.17) is 0 Å². The van der Waals surface area contributed by atoms with Crippen LogP contribution >= 0.6 is 0 Å². The van der Waals surface area contributed by atoms with Gasteiger partial charge in [0.05, 0.1) is 6.54 Å². The van der Waals surface area contributed by atoms with Gasteiger partial charge in [-0.25, -0.2) is 0 Å². The molecule has 5 nitrogen and oxygen atoms in total. The Bertz CT molecular complexity index is 446. The van der Waals surface area contributed by atoms with Gasteiger partial charge in [0.25, 0.3) is 0 Å². The van der Waals surface area contributed by atoms with Crippen molar-refractivity contribution in [3.05, 3.63) is 24.3 Å². The Morgan fingerprint density at radius 1 is 1.10 bits per heavy atom. The number of carbonyl (C=O) groups is 2. The molecule has 0 bridgehead atoms. The fourth-order valence-electron chi connectivity index (χ4n) is 1.61. The molecule has 0 aliphatic carbocycles. The molecule has 1 aromatic rings. The molecule has 3 N–H and O–H groups in total. The number of carbonyl (C=O) groups excluding carboxylic acids is 2. The quantitative estimate of drug-likeness (QED) is 0.639. The van der Waals surface area contributed by atoms with Crippen LogP contribution in [0.15, 0.2) is 24.3 Å². The summed E-state index contributed by atoms with van der Waals surface area (Å²) in [6, 6.07) is 7.33. The fourth-order valence-corrected chi connectivity index (χ4v) is 1.61. The number of benzene rings is 1. The van der Waals surface area contributed by atoms with Gasteiger partial charge in [-0.3, -0.25) is 9.59 Å². The molecule has 0 fully saturated rings. The monoisotopic (exact) mass is 277 g/mol. The van der Waals surface area contributed by atoms with Crippen LogP contribution in [0, 0.1) is 0 Å². The van der Waals surface area contributed by atoms with E-state index in [1.54, 1.807) is 6.92 Å². The van der Waals surface area contributed by atoms with E-state index in [0.29, 0.717) is 13.0 Å². The van der Waals surface area contributed by atoms with Crippen molar-refractivity contribution in [2.24, 2.45) is 0 Å². The molecular formula is C15H23N3O2. The number of nitrogens with one attached hydrogen (secondary N) is 3. The van der Waals surface area contributed by atoms with E-state index in [0.717, 1.165) is 24.2 Å². The van der Waals surface area contributed by atoms with Gasteiger partial charge in [-0.05, 0) is 24.6 Å². The molecule has 110 valence electrons. The maximum absolute atomic E-state index is 11.6. The lowest BCUT2D eigenvalue weighted by atomic mass is 10.2. The third-order valence-corrected chi connectivity index (χ3v) is 2.77. The van der Waals surface area contributed by atoms with Gasteiger partial charge in [-0.2, -0.15) is 0 Å². The molecule has 0 unspecified atom stereocenters. The fraction of sp³-hybridized carbons (Fsp3) is 0.467. The minimum atomic E-state index is -0.0283. The van der Waals surface area contributed by atoms with E-state index in [2.05, 4.69) is 22.9 Å². The van der Waals surface area contributed by atoms with Crippen molar-refractivity contribution in [2.75, 3.05) is 23.7 Å². The first-order valence-corrected chi connectivity index (χ1v) is 7.06. The van der Waals surface area contributed by atoms with Crippen molar-refractivity contribution >= 4 is 23.2 Å². The summed E-state index contributed by atoms with van der Waals surface area (Å²) >= 11 is 0. The Morgan fingerprint density at radius 2 is 1.85 bits per heavy atom. The SMILES string of the molecule is CCCCNC(=O)CNc1cccc(NC(=O)CC)c1. The molecule has 0 heterocycles. The van der Waals surface area contributed by atoms with E-state index in [1.165, 1.54) is 0 Å². The third kappa shape index (κ3) is 6.22. The van der Waals surface area contributed by atoms with Crippen molar-refractivity contribution in [3.63, 3.8) is 0 Å². The van der Waals surface area contributed by atoms with Gasteiger partial charge in [0, 0.05) is 24.3 Å². The molecular weight excluding hydrogens is 254 g/mol. The highest BCUT2D eigenvalue weighted by Gasteiger charge is 2.02. The number of unbranched alkanes of at least 4 members (excludes halogenated alkanes) is 1. The number of anilines is 2. The molecule has 0 radical (unpaired) electrons. The topological polar surface area (TPSA) is 70.2 Å². The zero-order valence-electron chi connectivity index (χ0n) is 12.2. The predicted octanol–water partition coefficient (Wildman–Crippen LogP) is 2.36. The molecule has 0 atom stereocenters.